The lowest BCUT2D eigenvalue weighted by molar-refractivity contribution is -0.121. The lowest BCUT2D eigenvalue weighted by atomic mass is 10.1. The van der Waals surface area contributed by atoms with Crippen LogP contribution in [0.25, 0.3) is 0 Å². The van der Waals surface area contributed by atoms with Crippen LogP contribution >= 0.6 is 0 Å². The van der Waals surface area contributed by atoms with E-state index in [1.54, 1.807) is 26.8 Å². The molecule has 134 valence electrons. The van der Waals surface area contributed by atoms with Gasteiger partial charge in [-0.25, -0.2) is 13.2 Å². The van der Waals surface area contributed by atoms with Crippen molar-refractivity contribution in [1.29, 1.82) is 0 Å². The van der Waals surface area contributed by atoms with Crippen LogP contribution in [0, 0.1) is 0 Å². The van der Waals surface area contributed by atoms with Gasteiger partial charge in [0.2, 0.25) is 10.0 Å². The Hall–Kier alpha value is -1.83. The van der Waals surface area contributed by atoms with E-state index in [9.17, 15) is 18.0 Å². The maximum Gasteiger partial charge on any atom is 0.409 e. The third-order valence-electron chi connectivity index (χ3n) is 3.63. The molecule has 2 amide bonds. The van der Waals surface area contributed by atoms with Crippen molar-refractivity contribution in [3.05, 3.63) is 23.8 Å². The summed E-state index contributed by atoms with van der Waals surface area (Å²) in [5, 5.41) is 2.48. The van der Waals surface area contributed by atoms with Crippen LogP contribution in [-0.4, -0.2) is 37.3 Å². The molecule has 0 aromatic heterocycles. The highest BCUT2D eigenvalue weighted by Gasteiger charge is 2.52. The van der Waals surface area contributed by atoms with E-state index in [1.165, 1.54) is 6.08 Å². The average molecular weight is 356 g/mol. The zero-order valence-corrected chi connectivity index (χ0v) is 15.0. The minimum absolute atomic E-state index is 0.111. The number of allylic oxidation sites excluding steroid dienone is 1. The number of carbonyl (C=O) groups is 2. The second kappa shape index (κ2) is 6.58. The Labute approximate surface area is 142 Å². The maximum atomic E-state index is 12.5. The molecule has 8 heteroatoms. The number of ether oxygens (including phenoxy) is 1. The van der Waals surface area contributed by atoms with Gasteiger partial charge >= 0.3 is 6.09 Å². The van der Waals surface area contributed by atoms with Gasteiger partial charge in [-0.1, -0.05) is 18.6 Å². The summed E-state index contributed by atoms with van der Waals surface area (Å²) in [4.78, 5) is 24.5. The zero-order valence-electron chi connectivity index (χ0n) is 14.2. The largest absolute Gasteiger partial charge is 0.444 e. The first-order chi connectivity index (χ1) is 11.0. The molecule has 1 aliphatic carbocycles. The Morgan fingerprint density at radius 2 is 2.00 bits per heavy atom. The van der Waals surface area contributed by atoms with E-state index in [4.69, 9.17) is 4.74 Å². The third-order valence-corrected chi connectivity index (χ3v) is 4.95. The number of alkyl carbamates (subject to hydrolysis) is 1. The third kappa shape index (κ3) is 4.83. The highest BCUT2D eigenvalue weighted by Crippen LogP contribution is 2.37. The highest BCUT2D eigenvalue weighted by molar-refractivity contribution is 7.90. The molecule has 0 unspecified atom stereocenters. The summed E-state index contributed by atoms with van der Waals surface area (Å²) in [5.74, 6) is -0.895. The SMILES string of the molecule is CC(C)(C)OC(=O)N[C@]12C=C1/C=C\CCCCCS(=O)(=O)NC2=O. The average Bonchev–Trinajstić information content (AvgIpc) is 3.07. The zero-order chi connectivity index (χ0) is 18.0. The molecule has 2 N–H and O–H groups in total. The molecule has 1 heterocycles. The second-order valence-electron chi connectivity index (χ2n) is 7.04. The van der Waals surface area contributed by atoms with Crippen molar-refractivity contribution in [1.82, 2.24) is 10.0 Å². The molecule has 7 nitrogen and oxygen atoms in total. The minimum atomic E-state index is -3.72. The van der Waals surface area contributed by atoms with Crippen LogP contribution in [0.15, 0.2) is 23.8 Å². The quantitative estimate of drug-likeness (QED) is 0.745. The fourth-order valence-corrected chi connectivity index (χ4v) is 3.55. The van der Waals surface area contributed by atoms with Gasteiger partial charge in [0.15, 0.2) is 5.54 Å². The first-order valence-corrected chi connectivity index (χ1v) is 9.65. The number of amides is 2. The fraction of sp³-hybridized carbons (Fsp3) is 0.625. The molecule has 0 saturated carbocycles. The first-order valence-electron chi connectivity index (χ1n) is 8.00. The Morgan fingerprint density at radius 1 is 1.29 bits per heavy atom. The van der Waals surface area contributed by atoms with Crippen LogP contribution in [-0.2, 0) is 19.6 Å². The van der Waals surface area contributed by atoms with E-state index in [1.807, 2.05) is 6.08 Å². The van der Waals surface area contributed by atoms with Crippen molar-refractivity contribution in [3.8, 4) is 0 Å². The van der Waals surface area contributed by atoms with Gasteiger partial charge in [-0.3, -0.25) is 14.8 Å². The molecule has 0 saturated heterocycles. The smallest absolute Gasteiger partial charge is 0.409 e. The van der Waals surface area contributed by atoms with Crippen molar-refractivity contribution >= 4 is 22.0 Å². The number of rotatable bonds is 1. The number of sulfonamides is 1. The van der Waals surface area contributed by atoms with E-state index >= 15 is 0 Å². The topological polar surface area (TPSA) is 102 Å². The van der Waals surface area contributed by atoms with Gasteiger partial charge in [0, 0.05) is 0 Å². The van der Waals surface area contributed by atoms with Crippen LogP contribution in [0.1, 0.15) is 46.5 Å². The van der Waals surface area contributed by atoms with Crippen molar-refractivity contribution in [2.45, 2.75) is 57.6 Å². The van der Waals surface area contributed by atoms with E-state index in [-0.39, 0.29) is 5.75 Å². The fourth-order valence-electron chi connectivity index (χ4n) is 2.42. The van der Waals surface area contributed by atoms with Crippen molar-refractivity contribution in [2.75, 3.05) is 5.75 Å². The van der Waals surface area contributed by atoms with Gasteiger partial charge in [0.1, 0.15) is 5.60 Å². The predicted molar refractivity (Wildman–Crippen MR) is 89.7 cm³/mol. The molecule has 0 fully saturated rings. The molecule has 0 bridgehead atoms. The lowest BCUT2D eigenvalue weighted by Crippen LogP contribution is -2.53. The molecule has 1 atom stereocenters. The number of nitrogens with one attached hydrogen (secondary N) is 2. The number of carbonyl (C=O) groups excluding carboxylic acids is 2. The summed E-state index contributed by atoms with van der Waals surface area (Å²) in [6, 6.07) is 0. The van der Waals surface area contributed by atoms with Crippen LogP contribution in [0.2, 0.25) is 0 Å². The van der Waals surface area contributed by atoms with Crippen LogP contribution in [0.4, 0.5) is 4.79 Å². The maximum absolute atomic E-state index is 12.5. The summed E-state index contributed by atoms with van der Waals surface area (Å²) >= 11 is 0. The number of hydrogen-bond donors (Lipinski definition) is 2. The van der Waals surface area contributed by atoms with Crippen molar-refractivity contribution < 1.29 is 22.7 Å². The van der Waals surface area contributed by atoms with E-state index in [0.29, 0.717) is 12.0 Å². The van der Waals surface area contributed by atoms with Gasteiger partial charge in [0.25, 0.3) is 5.91 Å². The van der Waals surface area contributed by atoms with Gasteiger partial charge in [-0.05, 0) is 51.7 Å². The van der Waals surface area contributed by atoms with Gasteiger partial charge in [0.05, 0.1) is 5.75 Å². The summed E-state index contributed by atoms with van der Waals surface area (Å²) in [5.41, 5.74) is -1.62. The number of fused-ring (bicyclic) bond motifs is 1. The highest BCUT2D eigenvalue weighted by atomic mass is 32.2. The Kier molecular flexibility index (Phi) is 5.08. The van der Waals surface area contributed by atoms with Gasteiger partial charge in [-0.15, -0.1) is 0 Å². The van der Waals surface area contributed by atoms with Crippen LogP contribution in [0.3, 0.4) is 0 Å². The first kappa shape index (κ1) is 18.5. The monoisotopic (exact) mass is 356 g/mol. The van der Waals surface area contributed by atoms with E-state index in [0.717, 1.165) is 19.3 Å². The second-order valence-corrected chi connectivity index (χ2v) is 8.88. The summed E-state index contributed by atoms with van der Waals surface area (Å²) in [7, 11) is -3.72. The molecule has 2 rings (SSSR count). The molecule has 0 aromatic carbocycles. The summed E-state index contributed by atoms with van der Waals surface area (Å²) in [6.45, 7) is 5.12. The van der Waals surface area contributed by atoms with Crippen molar-refractivity contribution in [3.63, 3.8) is 0 Å². The van der Waals surface area contributed by atoms with Gasteiger partial charge in [-0.2, -0.15) is 0 Å². The molecular formula is C16H24N2O5S. The standard InChI is InChI=1S/C16H24N2O5S/c1-15(2,3)23-14(20)17-16-11-12(16)9-7-5-4-6-8-10-24(21,22)18-13(16)19/h7,9,11H,4-6,8,10H2,1-3H3,(H,17,20)(H,18,19)/b9-7-/t16-/m1/s1. The Morgan fingerprint density at radius 3 is 2.67 bits per heavy atom. The molecule has 0 aromatic rings. The van der Waals surface area contributed by atoms with Crippen LogP contribution in [0.5, 0.6) is 0 Å². The van der Waals surface area contributed by atoms with E-state index in [2.05, 4.69) is 10.0 Å². The molecule has 24 heavy (non-hydrogen) atoms. The molecule has 1 aliphatic heterocycles. The summed E-state index contributed by atoms with van der Waals surface area (Å²) in [6.07, 6.45) is 7.35. The minimum Gasteiger partial charge on any atom is -0.444 e. The molecule has 0 radical (unpaired) electrons. The molecule has 2 aliphatic rings. The van der Waals surface area contributed by atoms with Crippen molar-refractivity contribution in [2.24, 2.45) is 0 Å². The lowest BCUT2D eigenvalue weighted by Gasteiger charge is -2.24. The van der Waals surface area contributed by atoms with E-state index < -0.39 is 33.2 Å². The summed E-state index contributed by atoms with van der Waals surface area (Å²) < 4.78 is 31.2. The number of hydrogen-bond acceptors (Lipinski definition) is 5. The van der Waals surface area contributed by atoms with Crippen LogP contribution < -0.4 is 10.0 Å². The Bertz CT molecular complexity index is 688. The predicted octanol–water partition coefficient (Wildman–Crippen LogP) is 1.77. The normalized spacial score (nSPS) is 28.1. The Balaban J connectivity index is 2.18. The van der Waals surface area contributed by atoms with Gasteiger partial charge < -0.3 is 4.74 Å². The molecule has 0 spiro atoms. The molecular weight excluding hydrogens is 332 g/mol.